The molecule has 6 heteroatoms. The molecule has 0 radical (unpaired) electrons. The second-order valence-electron chi connectivity index (χ2n) is 6.58. The molecular weight excluding hydrogens is 383 g/mol. The fraction of sp³-hybridized carbons (Fsp3) is 0.0833. The van der Waals surface area contributed by atoms with Crippen LogP contribution in [0.2, 0.25) is 0 Å². The number of nitrogens with zero attached hydrogens (tertiary/aromatic N) is 1. The number of nitrogens with one attached hydrogen (secondary N) is 1. The number of hydrogen-bond acceptors (Lipinski definition) is 4. The van der Waals surface area contributed by atoms with Crippen molar-refractivity contribution < 1.29 is 18.3 Å². The maximum absolute atomic E-state index is 13.9. The number of pyridine rings is 1. The molecule has 0 saturated carbocycles. The SMILES string of the molecule is O=C(NCc1cccc(OCc2ccccn2)c1)c1ccc(-c2ccccc2F)o1. The second kappa shape index (κ2) is 9.05. The number of aromatic nitrogens is 1. The summed E-state index contributed by atoms with van der Waals surface area (Å²) < 4.78 is 25.2. The second-order valence-corrected chi connectivity index (χ2v) is 6.58. The smallest absolute Gasteiger partial charge is 0.287 e. The van der Waals surface area contributed by atoms with Gasteiger partial charge in [0, 0.05) is 12.7 Å². The fourth-order valence-electron chi connectivity index (χ4n) is 2.92. The van der Waals surface area contributed by atoms with Crippen molar-refractivity contribution in [1.29, 1.82) is 0 Å². The van der Waals surface area contributed by atoms with Gasteiger partial charge in [0.2, 0.25) is 0 Å². The molecule has 0 unspecified atom stereocenters. The first-order valence-corrected chi connectivity index (χ1v) is 9.43. The lowest BCUT2D eigenvalue weighted by molar-refractivity contribution is 0.0924. The van der Waals surface area contributed by atoms with E-state index in [1.807, 2.05) is 42.5 Å². The van der Waals surface area contributed by atoms with E-state index in [1.165, 1.54) is 12.1 Å². The van der Waals surface area contributed by atoms with Gasteiger partial charge in [0.1, 0.15) is 23.9 Å². The number of hydrogen-bond donors (Lipinski definition) is 1. The minimum atomic E-state index is -0.402. The number of ether oxygens (including phenoxy) is 1. The third-order valence-electron chi connectivity index (χ3n) is 4.43. The van der Waals surface area contributed by atoms with Crippen molar-refractivity contribution in [1.82, 2.24) is 10.3 Å². The highest BCUT2D eigenvalue weighted by molar-refractivity contribution is 5.92. The van der Waals surface area contributed by atoms with Gasteiger partial charge in [0.25, 0.3) is 5.91 Å². The molecule has 1 N–H and O–H groups in total. The molecule has 4 aromatic rings. The van der Waals surface area contributed by atoms with Crippen LogP contribution in [-0.4, -0.2) is 10.9 Å². The van der Waals surface area contributed by atoms with Gasteiger partial charge in [-0.25, -0.2) is 4.39 Å². The summed E-state index contributed by atoms with van der Waals surface area (Å²) in [6.45, 7) is 0.664. The number of amides is 1. The van der Waals surface area contributed by atoms with Gasteiger partial charge in [-0.2, -0.15) is 0 Å². The zero-order chi connectivity index (χ0) is 20.8. The Hall–Kier alpha value is -3.93. The topological polar surface area (TPSA) is 64.4 Å². The Bertz CT molecular complexity index is 1140. The quantitative estimate of drug-likeness (QED) is 0.473. The highest BCUT2D eigenvalue weighted by atomic mass is 19.1. The molecule has 0 bridgehead atoms. The summed E-state index contributed by atoms with van der Waals surface area (Å²) >= 11 is 0. The average molecular weight is 402 g/mol. The van der Waals surface area contributed by atoms with Crippen molar-refractivity contribution >= 4 is 5.91 Å². The van der Waals surface area contributed by atoms with Crippen molar-refractivity contribution in [3.63, 3.8) is 0 Å². The predicted octanol–water partition coefficient (Wildman–Crippen LogP) is 4.99. The minimum Gasteiger partial charge on any atom is -0.487 e. The fourth-order valence-corrected chi connectivity index (χ4v) is 2.92. The van der Waals surface area contributed by atoms with E-state index in [1.54, 1.807) is 30.5 Å². The van der Waals surface area contributed by atoms with Crippen LogP contribution in [0, 0.1) is 5.82 Å². The molecule has 5 nitrogen and oxygen atoms in total. The molecule has 30 heavy (non-hydrogen) atoms. The first kappa shape index (κ1) is 19.4. The van der Waals surface area contributed by atoms with E-state index in [9.17, 15) is 9.18 Å². The highest BCUT2D eigenvalue weighted by Crippen LogP contribution is 2.24. The summed E-state index contributed by atoms with van der Waals surface area (Å²) in [7, 11) is 0. The Balaban J connectivity index is 1.36. The van der Waals surface area contributed by atoms with E-state index in [-0.39, 0.29) is 11.7 Å². The first-order valence-electron chi connectivity index (χ1n) is 9.43. The molecule has 0 spiro atoms. The van der Waals surface area contributed by atoms with Gasteiger partial charge in [-0.3, -0.25) is 9.78 Å². The highest BCUT2D eigenvalue weighted by Gasteiger charge is 2.14. The Labute approximate surface area is 173 Å². The van der Waals surface area contributed by atoms with Crippen LogP contribution < -0.4 is 10.1 Å². The zero-order valence-electron chi connectivity index (χ0n) is 16.0. The molecule has 2 aromatic heterocycles. The number of carbonyl (C=O) groups excluding carboxylic acids is 1. The van der Waals surface area contributed by atoms with Crippen molar-refractivity contribution in [2.45, 2.75) is 13.2 Å². The molecule has 0 aliphatic carbocycles. The molecule has 0 aliphatic heterocycles. The van der Waals surface area contributed by atoms with Gasteiger partial charge in [0.05, 0.1) is 11.3 Å². The van der Waals surface area contributed by atoms with E-state index in [0.717, 1.165) is 11.3 Å². The Kier molecular flexibility index (Phi) is 5.85. The third kappa shape index (κ3) is 4.72. The molecule has 0 fully saturated rings. The van der Waals surface area contributed by atoms with E-state index < -0.39 is 5.82 Å². The van der Waals surface area contributed by atoms with Crippen LogP contribution >= 0.6 is 0 Å². The van der Waals surface area contributed by atoms with Crippen LogP contribution in [0.1, 0.15) is 21.8 Å². The van der Waals surface area contributed by atoms with Crippen LogP contribution in [-0.2, 0) is 13.2 Å². The van der Waals surface area contributed by atoms with Crippen molar-refractivity contribution in [3.8, 4) is 17.1 Å². The summed E-state index contributed by atoms with van der Waals surface area (Å²) in [5, 5.41) is 2.80. The average Bonchev–Trinajstić information content (AvgIpc) is 3.27. The predicted molar refractivity (Wildman–Crippen MR) is 110 cm³/mol. The molecule has 2 heterocycles. The number of carbonyl (C=O) groups is 1. The van der Waals surface area contributed by atoms with E-state index in [4.69, 9.17) is 9.15 Å². The van der Waals surface area contributed by atoms with Crippen LogP contribution in [0.15, 0.2) is 89.5 Å². The molecule has 0 atom stereocenters. The maximum Gasteiger partial charge on any atom is 0.287 e. The van der Waals surface area contributed by atoms with Gasteiger partial charge in [-0.1, -0.05) is 30.3 Å². The number of furan rings is 1. The lowest BCUT2D eigenvalue weighted by Gasteiger charge is -2.08. The summed E-state index contributed by atoms with van der Waals surface area (Å²) in [6, 6.07) is 22.5. The van der Waals surface area contributed by atoms with Gasteiger partial charge >= 0.3 is 0 Å². The normalized spacial score (nSPS) is 10.6. The number of rotatable bonds is 7. The zero-order valence-corrected chi connectivity index (χ0v) is 16.0. The first-order chi connectivity index (χ1) is 14.7. The van der Waals surface area contributed by atoms with Crippen LogP contribution in [0.25, 0.3) is 11.3 Å². The van der Waals surface area contributed by atoms with Crippen LogP contribution in [0.3, 0.4) is 0 Å². The summed E-state index contributed by atoms with van der Waals surface area (Å²) in [5.41, 5.74) is 2.02. The Morgan fingerprint density at radius 3 is 2.70 bits per heavy atom. The lowest BCUT2D eigenvalue weighted by Crippen LogP contribution is -2.22. The molecule has 2 aromatic carbocycles. The van der Waals surface area contributed by atoms with E-state index >= 15 is 0 Å². The van der Waals surface area contributed by atoms with E-state index in [0.29, 0.717) is 30.2 Å². The van der Waals surface area contributed by atoms with Gasteiger partial charge in [-0.05, 0) is 54.1 Å². The summed E-state index contributed by atoms with van der Waals surface area (Å²) in [4.78, 5) is 16.6. The molecule has 4 rings (SSSR count). The molecule has 0 aliphatic rings. The monoisotopic (exact) mass is 402 g/mol. The molecule has 1 amide bonds. The van der Waals surface area contributed by atoms with Crippen molar-refractivity contribution in [2.24, 2.45) is 0 Å². The molecule has 150 valence electrons. The number of halogens is 1. The van der Waals surface area contributed by atoms with Gasteiger partial charge in [0.15, 0.2) is 5.76 Å². The van der Waals surface area contributed by atoms with Gasteiger partial charge in [-0.15, -0.1) is 0 Å². The summed E-state index contributed by atoms with van der Waals surface area (Å²) in [5.74, 6) is 0.338. The van der Waals surface area contributed by atoms with E-state index in [2.05, 4.69) is 10.3 Å². The number of benzene rings is 2. The molecule has 0 saturated heterocycles. The van der Waals surface area contributed by atoms with Crippen LogP contribution in [0.5, 0.6) is 5.75 Å². The standard InChI is InChI=1S/C24H19FN2O3/c25-21-10-2-1-9-20(21)22-11-12-23(30-22)24(28)27-15-17-6-5-8-19(14-17)29-16-18-7-3-4-13-26-18/h1-14H,15-16H2,(H,27,28). The minimum absolute atomic E-state index is 0.121. The summed E-state index contributed by atoms with van der Waals surface area (Å²) in [6.07, 6.45) is 1.72. The largest absolute Gasteiger partial charge is 0.487 e. The third-order valence-corrected chi connectivity index (χ3v) is 4.43. The maximum atomic E-state index is 13.9. The lowest BCUT2D eigenvalue weighted by atomic mass is 10.1. The van der Waals surface area contributed by atoms with Crippen molar-refractivity contribution in [2.75, 3.05) is 0 Å². The Morgan fingerprint density at radius 1 is 1.00 bits per heavy atom. The van der Waals surface area contributed by atoms with Gasteiger partial charge < -0.3 is 14.5 Å². The van der Waals surface area contributed by atoms with Crippen LogP contribution in [0.4, 0.5) is 4.39 Å². The van der Waals surface area contributed by atoms with Crippen molar-refractivity contribution in [3.05, 3.63) is 108 Å². The Morgan fingerprint density at radius 2 is 1.87 bits per heavy atom. The molecular formula is C24H19FN2O3.